The van der Waals surface area contributed by atoms with Crippen LogP contribution in [0, 0.1) is 0 Å². The van der Waals surface area contributed by atoms with E-state index in [1.165, 1.54) is 24.8 Å². The molecular weight excluding hydrogens is 122 g/mol. The molecule has 1 N–H and O–H groups in total. The van der Waals surface area contributed by atoms with Gasteiger partial charge >= 0.3 is 0 Å². The summed E-state index contributed by atoms with van der Waals surface area (Å²) in [5, 5.41) is 3.10. The summed E-state index contributed by atoms with van der Waals surface area (Å²) in [6.45, 7) is 2.23. The monoisotopic (exact) mass is 137 g/mol. The third kappa shape index (κ3) is 2.26. The number of dihydropyridines is 1. The van der Waals surface area contributed by atoms with Gasteiger partial charge < -0.3 is 5.32 Å². The Morgan fingerprint density at radius 3 is 3.10 bits per heavy atom. The molecule has 0 fully saturated rings. The minimum atomic E-state index is 1.15. The van der Waals surface area contributed by atoms with Crippen molar-refractivity contribution in [2.24, 2.45) is 0 Å². The fourth-order valence-electron chi connectivity index (χ4n) is 1.08. The van der Waals surface area contributed by atoms with Crippen molar-refractivity contribution < 1.29 is 0 Å². The minimum absolute atomic E-state index is 1.15. The maximum Gasteiger partial charge on any atom is -0.0000580 e. The van der Waals surface area contributed by atoms with Gasteiger partial charge in [-0.15, -0.1) is 0 Å². The minimum Gasteiger partial charge on any atom is -0.368 e. The average molecular weight is 137 g/mol. The molecule has 0 aromatic heterocycles. The van der Waals surface area contributed by atoms with Gasteiger partial charge in [-0.05, 0) is 31.7 Å². The lowest BCUT2D eigenvalue weighted by atomic mass is 10.1. The highest BCUT2D eigenvalue weighted by molar-refractivity contribution is 5.11. The number of rotatable bonds is 3. The molecule has 0 aromatic rings. The molecule has 0 radical (unpaired) electrons. The molecule has 0 amide bonds. The lowest BCUT2D eigenvalue weighted by Gasteiger charge is -2.07. The van der Waals surface area contributed by atoms with E-state index in [1.807, 2.05) is 6.20 Å². The van der Waals surface area contributed by atoms with Crippen molar-refractivity contribution >= 4 is 0 Å². The second-order valence-corrected chi connectivity index (χ2v) is 2.68. The van der Waals surface area contributed by atoms with Crippen LogP contribution in [0.25, 0.3) is 0 Å². The predicted octanol–water partition coefficient (Wildman–Crippen LogP) is 2.57. The molecule has 1 heteroatoms. The summed E-state index contributed by atoms with van der Waals surface area (Å²) in [6.07, 6.45) is 11.3. The Morgan fingerprint density at radius 1 is 1.60 bits per heavy atom. The topological polar surface area (TPSA) is 12.0 Å². The van der Waals surface area contributed by atoms with E-state index >= 15 is 0 Å². The number of nitrogens with one attached hydrogen (secondary N) is 1. The molecule has 0 bridgehead atoms. The van der Waals surface area contributed by atoms with Gasteiger partial charge in [0.15, 0.2) is 0 Å². The smallest absolute Gasteiger partial charge is 0.0000580 e. The first-order chi connectivity index (χ1) is 4.93. The van der Waals surface area contributed by atoms with Crippen molar-refractivity contribution in [1.82, 2.24) is 5.32 Å². The van der Waals surface area contributed by atoms with E-state index < -0.39 is 0 Å². The van der Waals surface area contributed by atoms with Crippen molar-refractivity contribution in [3.05, 3.63) is 24.0 Å². The van der Waals surface area contributed by atoms with Crippen LogP contribution in [0.4, 0.5) is 0 Å². The molecule has 0 aliphatic carbocycles. The van der Waals surface area contributed by atoms with E-state index in [0.717, 1.165) is 6.42 Å². The summed E-state index contributed by atoms with van der Waals surface area (Å²) in [7, 11) is 0. The van der Waals surface area contributed by atoms with Crippen molar-refractivity contribution in [3.63, 3.8) is 0 Å². The zero-order valence-corrected chi connectivity index (χ0v) is 6.56. The van der Waals surface area contributed by atoms with E-state index in [4.69, 9.17) is 0 Å². The molecule has 0 unspecified atom stereocenters. The molecule has 1 aliphatic rings. The van der Waals surface area contributed by atoms with Crippen LogP contribution >= 0.6 is 0 Å². The van der Waals surface area contributed by atoms with Crippen molar-refractivity contribution in [3.8, 4) is 0 Å². The van der Waals surface area contributed by atoms with Gasteiger partial charge in [0, 0.05) is 0 Å². The quantitative estimate of drug-likeness (QED) is 0.630. The van der Waals surface area contributed by atoms with Crippen LogP contribution in [-0.4, -0.2) is 0 Å². The molecule has 0 saturated carbocycles. The first-order valence-electron chi connectivity index (χ1n) is 4.02. The molecule has 1 heterocycles. The van der Waals surface area contributed by atoms with Crippen LogP contribution in [0.2, 0.25) is 0 Å². The van der Waals surface area contributed by atoms with Crippen LogP contribution in [0.5, 0.6) is 0 Å². The molecule has 10 heavy (non-hydrogen) atoms. The Balaban J connectivity index is 2.21. The van der Waals surface area contributed by atoms with Gasteiger partial charge in [0.05, 0.1) is 0 Å². The molecule has 0 aromatic carbocycles. The maximum atomic E-state index is 3.10. The van der Waals surface area contributed by atoms with Gasteiger partial charge in [-0.1, -0.05) is 25.0 Å². The highest BCUT2D eigenvalue weighted by Gasteiger charge is 1.96. The molecular formula is C9H15N. The first kappa shape index (κ1) is 7.39. The van der Waals surface area contributed by atoms with Gasteiger partial charge in [0.2, 0.25) is 0 Å². The first-order valence-corrected chi connectivity index (χ1v) is 4.02. The molecule has 1 nitrogen and oxygen atoms in total. The average Bonchev–Trinajstić information content (AvgIpc) is 2.03. The lowest BCUT2D eigenvalue weighted by molar-refractivity contribution is 0.765. The zero-order chi connectivity index (χ0) is 7.23. The zero-order valence-electron chi connectivity index (χ0n) is 6.56. The summed E-state index contributed by atoms with van der Waals surface area (Å²) in [5.74, 6) is 0. The summed E-state index contributed by atoms with van der Waals surface area (Å²) in [5.41, 5.74) is 1.53. The Kier molecular flexibility index (Phi) is 3.07. The van der Waals surface area contributed by atoms with Gasteiger partial charge in [-0.25, -0.2) is 0 Å². The Hall–Kier alpha value is -0.720. The molecule has 1 aliphatic heterocycles. The Morgan fingerprint density at radius 2 is 2.50 bits per heavy atom. The summed E-state index contributed by atoms with van der Waals surface area (Å²) in [6, 6.07) is 0. The van der Waals surface area contributed by atoms with Crippen LogP contribution in [0.1, 0.15) is 32.6 Å². The SMILES string of the molecule is CCCCC1=CNC=CC1. The highest BCUT2D eigenvalue weighted by Crippen LogP contribution is 2.12. The van der Waals surface area contributed by atoms with Gasteiger partial charge in [0.1, 0.15) is 0 Å². The fourth-order valence-corrected chi connectivity index (χ4v) is 1.08. The lowest BCUT2D eigenvalue weighted by Crippen LogP contribution is -2.00. The number of hydrogen-bond acceptors (Lipinski definition) is 1. The van der Waals surface area contributed by atoms with E-state index in [0.29, 0.717) is 0 Å². The van der Waals surface area contributed by atoms with E-state index in [1.54, 1.807) is 0 Å². The second-order valence-electron chi connectivity index (χ2n) is 2.68. The van der Waals surface area contributed by atoms with E-state index in [-0.39, 0.29) is 0 Å². The summed E-state index contributed by atoms with van der Waals surface area (Å²) < 4.78 is 0. The third-order valence-electron chi connectivity index (χ3n) is 1.73. The normalized spacial score (nSPS) is 16.3. The summed E-state index contributed by atoms with van der Waals surface area (Å²) >= 11 is 0. The van der Waals surface area contributed by atoms with Gasteiger partial charge in [-0.3, -0.25) is 0 Å². The number of allylic oxidation sites excluding steroid dienone is 2. The van der Waals surface area contributed by atoms with Gasteiger partial charge in [0.25, 0.3) is 0 Å². The third-order valence-corrected chi connectivity index (χ3v) is 1.73. The maximum absolute atomic E-state index is 3.10. The van der Waals surface area contributed by atoms with Crippen molar-refractivity contribution in [1.29, 1.82) is 0 Å². The van der Waals surface area contributed by atoms with E-state index in [2.05, 4.69) is 24.5 Å². The second kappa shape index (κ2) is 4.15. The molecule has 0 atom stereocenters. The molecule has 1 rings (SSSR count). The van der Waals surface area contributed by atoms with Gasteiger partial charge in [-0.2, -0.15) is 0 Å². The van der Waals surface area contributed by atoms with Crippen molar-refractivity contribution in [2.75, 3.05) is 0 Å². The Labute approximate surface area is 62.8 Å². The standard InChI is InChI=1S/C9H15N/c1-2-3-5-9-6-4-7-10-8-9/h4,7-8,10H,2-3,5-6H2,1H3. The van der Waals surface area contributed by atoms with Crippen LogP contribution < -0.4 is 5.32 Å². The molecule has 56 valence electrons. The highest BCUT2D eigenvalue weighted by atomic mass is 14.8. The summed E-state index contributed by atoms with van der Waals surface area (Å²) in [4.78, 5) is 0. The van der Waals surface area contributed by atoms with E-state index in [9.17, 15) is 0 Å². The molecule has 0 spiro atoms. The fraction of sp³-hybridized carbons (Fsp3) is 0.556. The van der Waals surface area contributed by atoms with Crippen molar-refractivity contribution in [2.45, 2.75) is 32.6 Å². The number of unbranched alkanes of at least 4 members (excludes halogenated alkanes) is 1. The predicted molar refractivity (Wildman–Crippen MR) is 44.5 cm³/mol. The van der Waals surface area contributed by atoms with Crippen LogP contribution in [0.3, 0.4) is 0 Å². The number of hydrogen-bond donors (Lipinski definition) is 1. The molecule has 0 saturated heterocycles. The van der Waals surface area contributed by atoms with Crippen LogP contribution in [-0.2, 0) is 0 Å². The Bertz CT molecular complexity index is 145. The van der Waals surface area contributed by atoms with Crippen LogP contribution in [0.15, 0.2) is 24.0 Å². The largest absolute Gasteiger partial charge is 0.368 e.